The highest BCUT2D eigenvalue weighted by Crippen LogP contribution is 2.42. The minimum absolute atomic E-state index is 0.215. The summed E-state index contributed by atoms with van der Waals surface area (Å²) < 4.78 is 19.2. The van der Waals surface area contributed by atoms with E-state index in [1.54, 1.807) is 0 Å². The van der Waals surface area contributed by atoms with Gasteiger partial charge in [0.1, 0.15) is 17.7 Å². The van der Waals surface area contributed by atoms with Gasteiger partial charge >= 0.3 is 0 Å². The Labute approximate surface area is 101 Å². The van der Waals surface area contributed by atoms with E-state index in [0.29, 0.717) is 12.0 Å². The molecule has 0 saturated heterocycles. The van der Waals surface area contributed by atoms with Crippen molar-refractivity contribution < 1.29 is 9.13 Å². The second-order valence-corrected chi connectivity index (χ2v) is 5.11. The lowest BCUT2D eigenvalue weighted by Gasteiger charge is -2.40. The van der Waals surface area contributed by atoms with Gasteiger partial charge in [0.2, 0.25) is 0 Å². The minimum atomic E-state index is -0.215. The maximum atomic E-state index is 13.2. The van der Waals surface area contributed by atoms with Gasteiger partial charge in [0.25, 0.3) is 0 Å². The van der Waals surface area contributed by atoms with E-state index in [-0.39, 0.29) is 11.9 Å². The molecule has 3 heteroatoms. The van der Waals surface area contributed by atoms with Crippen molar-refractivity contribution >= 4 is 0 Å². The van der Waals surface area contributed by atoms with Crippen molar-refractivity contribution in [1.29, 1.82) is 0 Å². The highest BCUT2D eigenvalue weighted by molar-refractivity contribution is 5.38. The monoisotopic (exact) mass is 235 g/mol. The van der Waals surface area contributed by atoms with Gasteiger partial charge in [-0.25, -0.2) is 4.39 Å². The fourth-order valence-electron chi connectivity index (χ4n) is 2.84. The Morgan fingerprint density at radius 2 is 2.18 bits per heavy atom. The van der Waals surface area contributed by atoms with Gasteiger partial charge in [0.15, 0.2) is 0 Å². The molecule has 1 N–H and O–H groups in total. The molecule has 92 valence electrons. The lowest BCUT2D eigenvalue weighted by Crippen LogP contribution is -2.39. The number of hydrogen-bond donors (Lipinski definition) is 1. The van der Waals surface area contributed by atoms with E-state index in [2.05, 4.69) is 5.32 Å². The number of fused-ring (bicyclic) bond motifs is 1. The van der Waals surface area contributed by atoms with E-state index in [1.807, 2.05) is 13.1 Å². The minimum Gasteiger partial charge on any atom is -0.490 e. The molecule has 17 heavy (non-hydrogen) atoms. The van der Waals surface area contributed by atoms with Crippen LogP contribution in [-0.2, 0) is 0 Å². The van der Waals surface area contributed by atoms with Crippen LogP contribution >= 0.6 is 0 Å². The van der Waals surface area contributed by atoms with Crippen LogP contribution in [0.2, 0.25) is 0 Å². The molecule has 1 fully saturated rings. The zero-order valence-corrected chi connectivity index (χ0v) is 10.1. The molecule has 0 spiro atoms. The molecule has 3 rings (SSSR count). The zero-order chi connectivity index (χ0) is 11.8. The fourth-order valence-corrected chi connectivity index (χ4v) is 2.84. The van der Waals surface area contributed by atoms with Crippen LogP contribution < -0.4 is 10.1 Å². The first-order valence-electron chi connectivity index (χ1n) is 6.41. The summed E-state index contributed by atoms with van der Waals surface area (Å²) in [6.45, 7) is 0. The first kappa shape index (κ1) is 11.0. The molecule has 1 aromatic rings. The van der Waals surface area contributed by atoms with Crippen LogP contribution in [0.25, 0.3) is 0 Å². The number of nitrogens with one attached hydrogen (secondary N) is 1. The van der Waals surface area contributed by atoms with Crippen LogP contribution in [0.3, 0.4) is 0 Å². The summed E-state index contributed by atoms with van der Waals surface area (Å²) >= 11 is 0. The van der Waals surface area contributed by atoms with E-state index in [4.69, 9.17) is 4.74 Å². The molecule has 1 aromatic carbocycles. The van der Waals surface area contributed by atoms with Crippen molar-refractivity contribution in [3.63, 3.8) is 0 Å². The highest BCUT2D eigenvalue weighted by Gasteiger charge is 2.35. The molecule has 2 aliphatic rings. The number of ether oxygens (including phenoxy) is 1. The molecular weight excluding hydrogens is 217 g/mol. The van der Waals surface area contributed by atoms with E-state index in [1.165, 1.54) is 31.4 Å². The first-order chi connectivity index (χ1) is 8.28. The van der Waals surface area contributed by atoms with Gasteiger partial charge in [-0.1, -0.05) is 12.5 Å². The molecule has 2 unspecified atom stereocenters. The Balaban J connectivity index is 1.89. The van der Waals surface area contributed by atoms with Crippen LogP contribution in [0.5, 0.6) is 5.75 Å². The summed E-state index contributed by atoms with van der Waals surface area (Å²) in [7, 11) is 1.96. The number of hydrogen-bond acceptors (Lipinski definition) is 2. The molecule has 0 bridgehead atoms. The fraction of sp³-hybridized carbons (Fsp3) is 0.571. The molecule has 1 aliphatic heterocycles. The average molecular weight is 235 g/mol. The predicted octanol–water partition coefficient (Wildman–Crippen LogP) is 3.04. The average Bonchev–Trinajstić information content (AvgIpc) is 2.25. The third-order valence-electron chi connectivity index (χ3n) is 4.12. The van der Waals surface area contributed by atoms with Crippen LogP contribution in [0, 0.1) is 11.7 Å². The van der Waals surface area contributed by atoms with Crippen molar-refractivity contribution in [2.24, 2.45) is 5.92 Å². The van der Waals surface area contributed by atoms with E-state index in [0.717, 1.165) is 17.7 Å². The Kier molecular flexibility index (Phi) is 2.79. The first-order valence-corrected chi connectivity index (χ1v) is 6.41. The summed E-state index contributed by atoms with van der Waals surface area (Å²) in [5, 5.41) is 3.31. The van der Waals surface area contributed by atoms with Gasteiger partial charge in [0, 0.05) is 24.1 Å². The normalized spacial score (nSPS) is 28.1. The van der Waals surface area contributed by atoms with E-state index < -0.39 is 0 Å². The number of rotatable bonds is 2. The second-order valence-electron chi connectivity index (χ2n) is 5.11. The summed E-state index contributed by atoms with van der Waals surface area (Å²) in [4.78, 5) is 0. The summed E-state index contributed by atoms with van der Waals surface area (Å²) in [6.07, 6.45) is 5.08. The van der Waals surface area contributed by atoms with Gasteiger partial charge < -0.3 is 10.1 Å². The SMILES string of the molecule is CNC1CC(C2CCC2)Oc2cc(F)ccc21. The molecule has 2 atom stereocenters. The van der Waals surface area contributed by atoms with Gasteiger partial charge in [0.05, 0.1) is 0 Å². The van der Waals surface area contributed by atoms with Crippen molar-refractivity contribution in [2.45, 2.75) is 37.8 Å². The molecule has 0 aromatic heterocycles. The van der Waals surface area contributed by atoms with Crippen LogP contribution in [0.15, 0.2) is 18.2 Å². The van der Waals surface area contributed by atoms with Gasteiger partial charge in [-0.15, -0.1) is 0 Å². The molecule has 1 saturated carbocycles. The van der Waals surface area contributed by atoms with Crippen molar-refractivity contribution in [1.82, 2.24) is 5.32 Å². The molecule has 0 radical (unpaired) electrons. The smallest absolute Gasteiger partial charge is 0.127 e. The number of benzene rings is 1. The lowest BCUT2D eigenvalue weighted by atomic mass is 9.77. The third-order valence-corrected chi connectivity index (χ3v) is 4.12. The van der Waals surface area contributed by atoms with Gasteiger partial charge in [-0.2, -0.15) is 0 Å². The highest BCUT2D eigenvalue weighted by atomic mass is 19.1. The summed E-state index contributed by atoms with van der Waals surface area (Å²) in [6, 6.07) is 5.16. The Morgan fingerprint density at radius 1 is 1.35 bits per heavy atom. The van der Waals surface area contributed by atoms with Gasteiger partial charge in [-0.05, 0) is 31.9 Å². The standard InChI is InChI=1S/C14H18FNO/c1-16-12-8-13(9-3-2-4-9)17-14-7-10(15)5-6-11(12)14/h5-7,9,12-13,16H,2-4,8H2,1H3. The zero-order valence-electron chi connectivity index (χ0n) is 10.1. The molecule has 1 heterocycles. The third kappa shape index (κ3) is 1.93. The maximum Gasteiger partial charge on any atom is 0.127 e. The molecule has 2 nitrogen and oxygen atoms in total. The molecule has 0 amide bonds. The van der Waals surface area contributed by atoms with E-state index >= 15 is 0 Å². The van der Waals surface area contributed by atoms with E-state index in [9.17, 15) is 4.39 Å². The van der Waals surface area contributed by atoms with Crippen LogP contribution in [-0.4, -0.2) is 13.2 Å². The van der Waals surface area contributed by atoms with Crippen LogP contribution in [0.4, 0.5) is 4.39 Å². The quantitative estimate of drug-likeness (QED) is 0.850. The Morgan fingerprint density at radius 3 is 2.82 bits per heavy atom. The Bertz CT molecular complexity index is 417. The number of halogens is 1. The largest absolute Gasteiger partial charge is 0.490 e. The van der Waals surface area contributed by atoms with Crippen molar-refractivity contribution in [2.75, 3.05) is 7.05 Å². The molecule has 1 aliphatic carbocycles. The van der Waals surface area contributed by atoms with Crippen molar-refractivity contribution in [3.05, 3.63) is 29.6 Å². The Hall–Kier alpha value is -1.09. The predicted molar refractivity (Wildman–Crippen MR) is 64.6 cm³/mol. The van der Waals surface area contributed by atoms with Crippen LogP contribution in [0.1, 0.15) is 37.3 Å². The molecular formula is C14H18FNO. The second kappa shape index (κ2) is 4.30. The lowest BCUT2D eigenvalue weighted by molar-refractivity contribution is 0.0538. The maximum absolute atomic E-state index is 13.2. The summed E-state index contributed by atoms with van der Waals surface area (Å²) in [5.41, 5.74) is 1.09. The van der Waals surface area contributed by atoms with Gasteiger partial charge in [-0.3, -0.25) is 0 Å². The topological polar surface area (TPSA) is 21.3 Å². The van der Waals surface area contributed by atoms with Crippen molar-refractivity contribution in [3.8, 4) is 5.75 Å². The summed E-state index contributed by atoms with van der Waals surface area (Å²) in [5.74, 6) is 1.18.